The Labute approximate surface area is 266 Å². The van der Waals surface area contributed by atoms with Gasteiger partial charge in [0.05, 0.1) is 28.8 Å². The fraction of sp³-hybridized carbons (Fsp3) is 0.0606. The van der Waals surface area contributed by atoms with Crippen molar-refractivity contribution < 1.29 is 26.9 Å². The molecule has 0 fully saturated rings. The molecule has 0 amide bonds. The highest BCUT2D eigenvalue weighted by atomic mass is 35.5. The van der Waals surface area contributed by atoms with Crippen LogP contribution < -0.4 is 0 Å². The number of carbonyl (C=O) groups is 1. The van der Waals surface area contributed by atoms with E-state index in [1.54, 1.807) is 41.8 Å². The zero-order valence-electron chi connectivity index (χ0n) is 23.1. The van der Waals surface area contributed by atoms with Crippen LogP contribution in [0.3, 0.4) is 0 Å². The Morgan fingerprint density at radius 1 is 1.04 bits per heavy atom. The second-order valence-corrected chi connectivity index (χ2v) is 12.3. The van der Waals surface area contributed by atoms with E-state index in [1.807, 2.05) is 6.07 Å². The van der Waals surface area contributed by atoms with E-state index in [9.17, 15) is 27.4 Å². The maximum Gasteiger partial charge on any atom is 0.337 e. The summed E-state index contributed by atoms with van der Waals surface area (Å²) in [6.07, 6.45) is -1.68. The smallest absolute Gasteiger partial charge is 0.337 e. The van der Waals surface area contributed by atoms with Crippen LogP contribution in [-0.2, 0) is 15.7 Å². The number of halogens is 4. The Balaban J connectivity index is 1.64. The van der Waals surface area contributed by atoms with Crippen molar-refractivity contribution in [1.82, 2.24) is 8.96 Å². The topological polar surface area (TPSA) is 85.0 Å². The summed E-state index contributed by atoms with van der Waals surface area (Å²) in [5.41, 5.74) is 3.38. The molecule has 6 aromatic rings. The maximum atomic E-state index is 14.8. The first kappa shape index (κ1) is 30.3. The van der Waals surface area contributed by atoms with Crippen LogP contribution in [0.4, 0.5) is 13.2 Å². The molecule has 0 aliphatic carbocycles. The monoisotopic (exact) mass is 661 g/mol. The van der Waals surface area contributed by atoms with Gasteiger partial charge in [-0.1, -0.05) is 35.9 Å². The highest BCUT2D eigenvalue weighted by Gasteiger charge is 2.27. The second kappa shape index (κ2) is 12.3. The molecule has 1 atom stereocenters. The molecule has 0 N–H and O–H groups in total. The molecular weight excluding hydrogens is 643 g/mol. The van der Waals surface area contributed by atoms with Crippen molar-refractivity contribution in [2.24, 2.45) is 0 Å². The fourth-order valence-electron chi connectivity index (χ4n) is 5.09. The third-order valence-electron chi connectivity index (χ3n) is 7.11. The molecule has 224 valence electrons. The Bertz CT molecular complexity index is 2170. The summed E-state index contributed by atoms with van der Waals surface area (Å²) in [6, 6.07) is 22.3. The molecule has 0 saturated heterocycles. The molecule has 0 aliphatic heterocycles. The molecule has 0 radical (unpaired) electrons. The fourth-order valence-corrected chi connectivity index (χ4v) is 7.31. The van der Waals surface area contributed by atoms with Gasteiger partial charge in [-0.15, -0.1) is 11.3 Å². The van der Waals surface area contributed by atoms with E-state index in [0.29, 0.717) is 49.3 Å². The summed E-state index contributed by atoms with van der Waals surface area (Å²) < 4.78 is 61.9. The molecule has 1 unspecified atom stereocenters. The summed E-state index contributed by atoms with van der Waals surface area (Å²) in [5.74, 6) is -1.08. The third kappa shape index (κ3) is 5.53. The number of methoxy groups -OCH3 is 1. The number of rotatable bonds is 7. The van der Waals surface area contributed by atoms with Gasteiger partial charge in [0, 0.05) is 38.9 Å². The van der Waals surface area contributed by atoms with E-state index < -0.39 is 34.9 Å². The highest BCUT2D eigenvalue weighted by Crippen LogP contribution is 2.45. The molecule has 3 aromatic carbocycles. The minimum absolute atomic E-state index is 0.136. The first-order valence-corrected chi connectivity index (χ1v) is 15.5. The molecule has 6 nitrogen and oxygen atoms in total. The Kier molecular flexibility index (Phi) is 8.29. The quantitative estimate of drug-likeness (QED) is 0.159. The lowest BCUT2D eigenvalue weighted by molar-refractivity contribution is 0.0600. The van der Waals surface area contributed by atoms with Crippen LogP contribution in [0.1, 0.15) is 27.4 Å². The highest BCUT2D eigenvalue weighted by molar-refractivity contribution is 7.83. The number of carbonyl (C=O) groups excluding carboxylic acids is 1. The molecular formula is C33H19ClF3N3O3S2. The normalized spacial score (nSPS) is 11.9. The number of nitriles is 1. The van der Waals surface area contributed by atoms with Crippen molar-refractivity contribution >= 4 is 50.8 Å². The van der Waals surface area contributed by atoms with Crippen LogP contribution in [0.2, 0.25) is 5.02 Å². The van der Waals surface area contributed by atoms with E-state index in [-0.39, 0.29) is 15.5 Å². The van der Waals surface area contributed by atoms with Crippen LogP contribution in [0.25, 0.3) is 44.4 Å². The molecule has 3 heterocycles. The van der Waals surface area contributed by atoms with Gasteiger partial charge < -0.3 is 4.74 Å². The lowest BCUT2D eigenvalue weighted by atomic mass is 9.96. The van der Waals surface area contributed by atoms with Gasteiger partial charge in [0.1, 0.15) is 22.5 Å². The molecule has 0 saturated carbocycles. The number of alkyl halides is 2. The number of esters is 1. The first-order valence-electron chi connectivity index (χ1n) is 13.2. The molecule has 0 aliphatic rings. The van der Waals surface area contributed by atoms with Crippen LogP contribution in [0.5, 0.6) is 0 Å². The van der Waals surface area contributed by atoms with Gasteiger partial charge in [0.25, 0.3) is 6.43 Å². The van der Waals surface area contributed by atoms with Crippen molar-refractivity contribution in [2.45, 2.75) is 11.3 Å². The summed E-state index contributed by atoms with van der Waals surface area (Å²) in [6.45, 7) is 0. The Hall–Kier alpha value is -4.76. The zero-order chi connectivity index (χ0) is 31.8. The van der Waals surface area contributed by atoms with Crippen LogP contribution in [0.15, 0.2) is 95.3 Å². The molecule has 3 aromatic heterocycles. The predicted octanol–water partition coefficient (Wildman–Crippen LogP) is 9.06. The Morgan fingerprint density at radius 2 is 1.84 bits per heavy atom. The van der Waals surface area contributed by atoms with Crippen molar-refractivity contribution in [3.05, 3.63) is 117 Å². The largest absolute Gasteiger partial charge is 0.465 e. The predicted molar refractivity (Wildman–Crippen MR) is 168 cm³/mol. The number of hydrogen-bond donors (Lipinski definition) is 0. The number of thiophene rings is 1. The van der Waals surface area contributed by atoms with Crippen LogP contribution in [0, 0.1) is 17.1 Å². The van der Waals surface area contributed by atoms with Gasteiger partial charge in [0.2, 0.25) is 0 Å². The van der Waals surface area contributed by atoms with Gasteiger partial charge >= 0.3 is 5.97 Å². The number of benzene rings is 3. The lowest BCUT2D eigenvalue weighted by Gasteiger charge is -2.14. The van der Waals surface area contributed by atoms with E-state index in [0.717, 1.165) is 12.3 Å². The summed E-state index contributed by atoms with van der Waals surface area (Å²) in [4.78, 5) is 16.3. The Morgan fingerprint density at radius 3 is 2.53 bits per heavy atom. The van der Waals surface area contributed by atoms with Gasteiger partial charge in [-0.05, 0) is 65.5 Å². The van der Waals surface area contributed by atoms with E-state index in [2.05, 4.69) is 11.1 Å². The number of hydrogen-bond acceptors (Lipinski definition) is 6. The van der Waals surface area contributed by atoms with Crippen LogP contribution in [-0.4, -0.2) is 26.2 Å². The second-order valence-electron chi connectivity index (χ2n) is 9.69. The number of pyridine rings is 1. The standard InChI is InChI=1S/C33H19ClF3N3O3S2/c1-43-33(41)20-5-8-23(26(34)14-20)18-3-2-4-19(13-18)31-30(24-11-12-44-29(24)16-38)25-15-21(35)6-10-28(25)40(31)45(42)22-7-9-27(32(36)37)39-17-22/h2-15,17,32H,1H3. The summed E-state index contributed by atoms with van der Waals surface area (Å²) in [7, 11) is -0.774. The minimum Gasteiger partial charge on any atom is -0.465 e. The first-order chi connectivity index (χ1) is 21.7. The molecule has 0 bridgehead atoms. The number of nitrogens with zero attached hydrogens (tertiary/aromatic N) is 3. The van der Waals surface area contributed by atoms with Crippen molar-refractivity contribution in [2.75, 3.05) is 7.11 Å². The zero-order valence-corrected chi connectivity index (χ0v) is 25.5. The molecule has 45 heavy (non-hydrogen) atoms. The summed E-state index contributed by atoms with van der Waals surface area (Å²) >= 11 is 7.81. The third-order valence-corrected chi connectivity index (χ3v) is 9.60. The van der Waals surface area contributed by atoms with Gasteiger partial charge in [-0.2, -0.15) is 5.26 Å². The van der Waals surface area contributed by atoms with E-state index in [4.69, 9.17) is 16.3 Å². The van der Waals surface area contributed by atoms with Crippen molar-refractivity contribution in [1.29, 1.82) is 5.26 Å². The van der Waals surface area contributed by atoms with E-state index in [1.165, 1.54) is 52.8 Å². The van der Waals surface area contributed by atoms with Gasteiger partial charge in [-0.25, -0.2) is 22.2 Å². The maximum absolute atomic E-state index is 14.8. The molecule has 12 heteroatoms. The SMILES string of the molecule is COC(=O)c1ccc(-c2cccc(-c3c(-c4ccsc4C#N)c4cc(F)ccc4n3S(=O)c3ccc(C(F)F)nc3)c2)c(Cl)c1. The van der Waals surface area contributed by atoms with Crippen molar-refractivity contribution in [3.8, 4) is 39.6 Å². The average molecular weight is 662 g/mol. The lowest BCUT2D eigenvalue weighted by Crippen LogP contribution is -2.08. The number of fused-ring (bicyclic) bond motifs is 1. The van der Waals surface area contributed by atoms with Gasteiger partial charge in [0.15, 0.2) is 11.0 Å². The molecule has 6 rings (SSSR count). The van der Waals surface area contributed by atoms with Gasteiger partial charge in [-0.3, -0.25) is 8.96 Å². The van der Waals surface area contributed by atoms with Crippen LogP contribution >= 0.6 is 22.9 Å². The van der Waals surface area contributed by atoms with E-state index >= 15 is 0 Å². The summed E-state index contributed by atoms with van der Waals surface area (Å²) in [5, 5.41) is 12.4. The average Bonchev–Trinajstić information content (AvgIpc) is 3.65. The minimum atomic E-state index is -2.80. The molecule has 0 spiro atoms. The number of ether oxygens (including phenoxy) is 1. The van der Waals surface area contributed by atoms with Crippen molar-refractivity contribution in [3.63, 3.8) is 0 Å². The number of aromatic nitrogens is 2.